The minimum absolute atomic E-state index is 0.00749. The molecule has 0 aliphatic rings. The van der Waals surface area contributed by atoms with E-state index in [9.17, 15) is 52.9 Å². The fourth-order valence-corrected chi connectivity index (χ4v) is 6.05. The first-order valence-corrected chi connectivity index (χ1v) is 21.5. The zero-order valence-electron chi connectivity index (χ0n) is 38.6. The first kappa shape index (κ1) is 57.2. The van der Waals surface area contributed by atoms with Crippen molar-refractivity contribution in [2.24, 2.45) is 0 Å². The van der Waals surface area contributed by atoms with Gasteiger partial charge in [-0.05, 0) is 100 Å². The van der Waals surface area contributed by atoms with Crippen molar-refractivity contribution in [2.75, 3.05) is 19.9 Å². The number of carbonyl (C=O) groups excluding carboxylic acids is 5. The highest BCUT2D eigenvalue weighted by molar-refractivity contribution is 6.32. The molecule has 69 heavy (non-hydrogen) atoms. The quantitative estimate of drug-likeness (QED) is 0.0243. The fourth-order valence-electron chi connectivity index (χ4n) is 5.70. The van der Waals surface area contributed by atoms with Crippen molar-refractivity contribution in [2.45, 2.75) is 91.2 Å². The van der Waals surface area contributed by atoms with Crippen LogP contribution in [0.25, 0.3) is 22.3 Å². The molecular weight excluding hydrogens is 953 g/mol. The third-order valence-electron chi connectivity index (χ3n) is 8.72. The second-order valence-corrected chi connectivity index (χ2v) is 17.9. The molecule has 6 N–H and O–H groups in total. The second kappa shape index (κ2) is 26.0. The van der Waals surface area contributed by atoms with E-state index in [1.807, 2.05) is 0 Å². The third-order valence-corrected chi connectivity index (χ3v) is 9.19. The van der Waals surface area contributed by atoms with E-state index in [0.29, 0.717) is 43.4 Å². The van der Waals surface area contributed by atoms with Gasteiger partial charge in [-0.25, -0.2) is 43.4 Å². The molecule has 0 aliphatic carbocycles. The third kappa shape index (κ3) is 20.6. The highest BCUT2D eigenvalue weighted by Gasteiger charge is 2.29. The number of hydrogen-bond donors (Lipinski definition) is 6. The fraction of sp³-hybridized carbons (Fsp3) is 0.362. The van der Waals surface area contributed by atoms with Gasteiger partial charge < -0.3 is 39.4 Å². The molecule has 0 aromatic heterocycles. The molecule has 0 radical (unpaired) electrons. The number of aliphatic hydroxyl groups is 3. The molecule has 0 fully saturated rings. The Morgan fingerprint density at radius 1 is 0.638 bits per heavy atom. The lowest BCUT2D eigenvalue weighted by atomic mass is 10.0. The Hall–Kier alpha value is -6.10. The summed E-state index contributed by atoms with van der Waals surface area (Å²) in [6, 6.07) is 21.5. The van der Waals surface area contributed by atoms with Gasteiger partial charge in [-0.2, -0.15) is 0 Å². The molecule has 4 aromatic rings. The summed E-state index contributed by atoms with van der Waals surface area (Å²) in [5, 5.41) is 42.3. The first-order valence-electron chi connectivity index (χ1n) is 20.8. The lowest BCUT2D eigenvalue weighted by molar-refractivity contribution is -0.175. The number of amides is 1. The van der Waals surface area contributed by atoms with E-state index in [-0.39, 0.29) is 13.1 Å². The molecule has 18 nitrogen and oxygen atoms in total. The summed E-state index contributed by atoms with van der Waals surface area (Å²) >= 11 is 11.9. The van der Waals surface area contributed by atoms with E-state index >= 15 is 0 Å². The minimum Gasteiger partial charge on any atom is -0.479 e. The van der Waals surface area contributed by atoms with Gasteiger partial charge in [-0.15, -0.1) is 0 Å². The molecule has 0 aliphatic heterocycles. The standard InChI is InChI=1S/C25H30ClFN2O8.C22H24ClFN2O6/c1-15(30)35-14-36-23(33)21(31)13-29(28-22(32)24(34)37-25(2,3)4)12-16-5-7-17(8-6-16)19-11-18(26)9-10-20(19)27;1-22(2,3)32-21(31)19(28)25-26(12-18(27)20(29)30)11-13-4-6-14(7-5-13)16-10-15(23)8-9-17(16)24/h5-11,21-22,28,31-32H,12-14H2,1-4H3;4-10,18,27H,11-12H2,1-3H3,(H,25,28)(H,29,30)/t21-,22?;18-/m11/s1. The summed E-state index contributed by atoms with van der Waals surface area (Å²) in [6.45, 7) is 9.13. The van der Waals surface area contributed by atoms with Crippen molar-refractivity contribution in [3.63, 3.8) is 0 Å². The number of aliphatic carboxylic acids is 1. The van der Waals surface area contributed by atoms with Crippen LogP contribution in [0, 0.1) is 11.6 Å². The summed E-state index contributed by atoms with van der Waals surface area (Å²) in [7, 11) is 0. The van der Waals surface area contributed by atoms with Gasteiger partial charge in [0, 0.05) is 41.2 Å². The van der Waals surface area contributed by atoms with Crippen LogP contribution in [0.2, 0.25) is 10.0 Å². The lowest BCUT2D eigenvalue weighted by Gasteiger charge is -2.29. The van der Waals surface area contributed by atoms with E-state index in [4.69, 9.17) is 37.8 Å². The SMILES string of the molecule is CC(=O)OCOC(=O)[C@H](O)CN(Cc1ccc(-c2cc(Cl)ccc2F)cc1)NC(O)C(=O)OC(C)(C)C.CC(C)(C)OC(=O)C(=O)NN(Cc1ccc(-c2cc(Cl)ccc2F)cc1)C[C@@H](O)C(=O)O. The second-order valence-electron chi connectivity index (χ2n) is 17.0. The van der Waals surface area contributed by atoms with Gasteiger partial charge in [-0.1, -0.05) is 71.7 Å². The Morgan fingerprint density at radius 2 is 1.09 bits per heavy atom. The molecule has 374 valence electrons. The average molecular weight is 1010 g/mol. The number of rotatable bonds is 18. The Morgan fingerprint density at radius 3 is 1.52 bits per heavy atom. The molecule has 0 bridgehead atoms. The van der Waals surface area contributed by atoms with Crippen LogP contribution >= 0.6 is 23.2 Å². The molecule has 0 saturated heterocycles. The Bertz CT molecular complexity index is 2420. The highest BCUT2D eigenvalue weighted by Crippen LogP contribution is 2.28. The molecule has 0 saturated carbocycles. The van der Waals surface area contributed by atoms with E-state index in [0.717, 1.165) is 11.9 Å². The number of nitrogens with zero attached hydrogens (tertiary/aromatic N) is 2. The van der Waals surface area contributed by atoms with Gasteiger partial charge >= 0.3 is 35.8 Å². The molecule has 0 heterocycles. The van der Waals surface area contributed by atoms with E-state index in [2.05, 4.69) is 20.3 Å². The highest BCUT2D eigenvalue weighted by atomic mass is 35.5. The van der Waals surface area contributed by atoms with Crippen molar-refractivity contribution in [1.82, 2.24) is 20.9 Å². The topological polar surface area (TPSA) is 251 Å². The smallest absolute Gasteiger partial charge is 0.398 e. The number of carboxylic acid groups (broad SMARTS) is 1. The molecule has 22 heteroatoms. The Kier molecular flexibility index (Phi) is 21.6. The van der Waals surface area contributed by atoms with Crippen molar-refractivity contribution in [3.8, 4) is 22.3 Å². The van der Waals surface area contributed by atoms with Gasteiger partial charge in [-0.3, -0.25) is 15.0 Å². The van der Waals surface area contributed by atoms with Crippen LogP contribution in [0.1, 0.15) is 59.6 Å². The number of esters is 4. The summed E-state index contributed by atoms with van der Waals surface area (Å²) in [5.41, 5.74) is 5.94. The molecule has 4 rings (SSSR count). The number of nitrogens with one attached hydrogen (secondary N) is 2. The van der Waals surface area contributed by atoms with Crippen LogP contribution in [0.15, 0.2) is 84.9 Å². The molecular formula is C47H54Cl2F2N4O14. The van der Waals surface area contributed by atoms with Crippen molar-refractivity contribution in [1.29, 1.82) is 0 Å². The number of hydrazine groups is 2. The van der Waals surface area contributed by atoms with Crippen LogP contribution in [0.5, 0.6) is 0 Å². The van der Waals surface area contributed by atoms with Gasteiger partial charge in [0.25, 0.3) is 0 Å². The Balaban J connectivity index is 0.000000369. The number of ether oxygens (including phenoxy) is 4. The Labute approximate surface area is 406 Å². The molecule has 1 unspecified atom stereocenters. The summed E-state index contributed by atoms with van der Waals surface area (Å²) in [5.74, 6) is -7.40. The summed E-state index contributed by atoms with van der Waals surface area (Å²) in [6.07, 6.45) is -5.36. The maximum absolute atomic E-state index is 14.2. The monoisotopic (exact) mass is 1010 g/mol. The van der Waals surface area contributed by atoms with Crippen LogP contribution in [-0.4, -0.2) is 116 Å². The van der Waals surface area contributed by atoms with E-state index in [1.165, 1.54) is 41.4 Å². The molecule has 3 atom stereocenters. The van der Waals surface area contributed by atoms with E-state index in [1.54, 1.807) is 90.1 Å². The largest absolute Gasteiger partial charge is 0.479 e. The van der Waals surface area contributed by atoms with Crippen LogP contribution in [0.3, 0.4) is 0 Å². The van der Waals surface area contributed by atoms with Crippen molar-refractivity contribution >= 4 is 59.0 Å². The minimum atomic E-state index is -1.82. The lowest BCUT2D eigenvalue weighted by Crippen LogP contribution is -2.52. The number of carbonyl (C=O) groups is 6. The zero-order chi connectivity index (χ0) is 51.8. The van der Waals surface area contributed by atoms with Gasteiger partial charge in [0.15, 0.2) is 12.2 Å². The molecule has 1 amide bonds. The van der Waals surface area contributed by atoms with Crippen LogP contribution in [0.4, 0.5) is 8.78 Å². The zero-order valence-corrected chi connectivity index (χ0v) is 40.1. The van der Waals surface area contributed by atoms with Crippen molar-refractivity contribution < 1.29 is 76.9 Å². The first-order chi connectivity index (χ1) is 32.1. The summed E-state index contributed by atoms with van der Waals surface area (Å²) in [4.78, 5) is 70.2. The number of benzene rings is 4. The molecule has 4 aromatic carbocycles. The van der Waals surface area contributed by atoms with Crippen molar-refractivity contribution in [3.05, 3.63) is 118 Å². The predicted molar refractivity (Wildman–Crippen MR) is 246 cm³/mol. The van der Waals surface area contributed by atoms with Gasteiger partial charge in [0.05, 0.1) is 13.1 Å². The maximum atomic E-state index is 14.2. The normalized spacial score (nSPS) is 12.8. The number of aliphatic hydroxyl groups excluding tert-OH is 3. The predicted octanol–water partition coefficient (Wildman–Crippen LogP) is 5.30. The number of halogens is 4. The van der Waals surface area contributed by atoms with E-state index < -0.39 is 96.9 Å². The van der Waals surface area contributed by atoms with Crippen LogP contribution < -0.4 is 10.9 Å². The number of carboxylic acids is 1. The summed E-state index contributed by atoms with van der Waals surface area (Å²) < 4.78 is 47.6. The number of hydrogen-bond acceptors (Lipinski definition) is 16. The molecule has 0 spiro atoms. The average Bonchev–Trinajstić information content (AvgIpc) is 3.24. The van der Waals surface area contributed by atoms with Gasteiger partial charge in [0.2, 0.25) is 13.0 Å². The van der Waals surface area contributed by atoms with Crippen LogP contribution in [-0.2, 0) is 60.8 Å². The van der Waals surface area contributed by atoms with Gasteiger partial charge in [0.1, 0.15) is 22.8 Å². The maximum Gasteiger partial charge on any atom is 0.398 e.